The predicted molar refractivity (Wildman–Crippen MR) is 61.7 cm³/mol. The maximum atomic E-state index is 11.6. The molecule has 4 heteroatoms. The third-order valence-electron chi connectivity index (χ3n) is 2.09. The summed E-state index contributed by atoms with van der Waals surface area (Å²) < 4.78 is 0. The number of nitrogens with one attached hydrogen (secondary N) is 2. The Kier molecular flexibility index (Phi) is 4.63. The first kappa shape index (κ1) is 11.5. The Bertz CT molecular complexity index is 325. The van der Waals surface area contributed by atoms with E-state index in [0.29, 0.717) is 17.8 Å². The van der Waals surface area contributed by atoms with Gasteiger partial charge >= 0.3 is 0 Å². The second-order valence-corrected chi connectivity index (χ2v) is 3.30. The highest BCUT2D eigenvalue weighted by Crippen LogP contribution is 2.09. The molecular formula is C11H17N3O. The first-order chi connectivity index (χ1) is 7.25. The minimum Gasteiger partial charge on any atom is -0.398 e. The van der Waals surface area contributed by atoms with Gasteiger partial charge in [0.25, 0.3) is 5.91 Å². The molecule has 4 N–H and O–H groups in total. The number of amides is 1. The van der Waals surface area contributed by atoms with Crippen molar-refractivity contribution in [3.05, 3.63) is 29.8 Å². The van der Waals surface area contributed by atoms with Crippen LogP contribution in [-0.2, 0) is 0 Å². The zero-order chi connectivity index (χ0) is 11.1. The fourth-order valence-electron chi connectivity index (χ4n) is 1.27. The SMILES string of the molecule is CNCCCNC(=O)c1ccccc1N. The molecule has 0 atom stereocenters. The van der Waals surface area contributed by atoms with Gasteiger partial charge in [0.2, 0.25) is 0 Å². The van der Waals surface area contributed by atoms with E-state index in [-0.39, 0.29) is 5.91 Å². The van der Waals surface area contributed by atoms with Crippen LogP contribution in [0.5, 0.6) is 0 Å². The average molecular weight is 207 g/mol. The van der Waals surface area contributed by atoms with Crippen molar-refractivity contribution in [1.82, 2.24) is 10.6 Å². The summed E-state index contributed by atoms with van der Waals surface area (Å²) in [5.41, 5.74) is 6.74. The molecule has 0 bridgehead atoms. The molecule has 0 spiro atoms. The quantitative estimate of drug-likeness (QED) is 0.489. The number of carbonyl (C=O) groups excluding carboxylic acids is 1. The Balaban J connectivity index is 2.44. The lowest BCUT2D eigenvalue weighted by Crippen LogP contribution is -2.27. The lowest BCUT2D eigenvalue weighted by Gasteiger charge is -2.06. The molecule has 0 radical (unpaired) electrons. The molecule has 4 nitrogen and oxygen atoms in total. The predicted octanol–water partition coefficient (Wildman–Crippen LogP) is 0.608. The smallest absolute Gasteiger partial charge is 0.253 e. The molecular weight excluding hydrogens is 190 g/mol. The Labute approximate surface area is 89.9 Å². The van der Waals surface area contributed by atoms with Gasteiger partial charge in [-0.05, 0) is 32.1 Å². The molecule has 0 aliphatic carbocycles. The van der Waals surface area contributed by atoms with Crippen LogP contribution in [0.25, 0.3) is 0 Å². The van der Waals surface area contributed by atoms with Crippen LogP contribution >= 0.6 is 0 Å². The zero-order valence-corrected chi connectivity index (χ0v) is 8.92. The number of hydrogen-bond donors (Lipinski definition) is 3. The summed E-state index contributed by atoms with van der Waals surface area (Å²) in [5, 5.41) is 5.83. The van der Waals surface area contributed by atoms with E-state index in [4.69, 9.17) is 5.73 Å². The van der Waals surface area contributed by atoms with Crippen LogP contribution in [-0.4, -0.2) is 26.0 Å². The molecule has 0 fully saturated rings. The Morgan fingerprint density at radius 2 is 2.07 bits per heavy atom. The van der Waals surface area contributed by atoms with E-state index in [1.54, 1.807) is 18.2 Å². The van der Waals surface area contributed by atoms with Crippen LogP contribution in [0.3, 0.4) is 0 Å². The number of para-hydroxylation sites is 1. The molecule has 1 aromatic carbocycles. The summed E-state index contributed by atoms with van der Waals surface area (Å²) in [4.78, 5) is 11.6. The molecule has 0 aliphatic rings. The van der Waals surface area contributed by atoms with Gasteiger partial charge in [0.15, 0.2) is 0 Å². The summed E-state index contributed by atoms with van der Waals surface area (Å²) in [6, 6.07) is 7.07. The first-order valence-corrected chi connectivity index (χ1v) is 5.03. The molecule has 1 aromatic rings. The van der Waals surface area contributed by atoms with Crippen molar-refractivity contribution in [1.29, 1.82) is 0 Å². The molecule has 1 amide bonds. The molecule has 0 heterocycles. The van der Waals surface area contributed by atoms with Gasteiger partial charge in [-0.2, -0.15) is 0 Å². The summed E-state index contributed by atoms with van der Waals surface area (Å²) in [6.45, 7) is 1.55. The maximum Gasteiger partial charge on any atom is 0.253 e. The number of anilines is 1. The van der Waals surface area contributed by atoms with E-state index in [1.807, 2.05) is 13.1 Å². The fraction of sp³-hybridized carbons (Fsp3) is 0.364. The minimum absolute atomic E-state index is 0.107. The Morgan fingerprint density at radius 3 is 2.73 bits per heavy atom. The lowest BCUT2D eigenvalue weighted by atomic mass is 10.1. The van der Waals surface area contributed by atoms with Crippen molar-refractivity contribution in [3.63, 3.8) is 0 Å². The van der Waals surface area contributed by atoms with Crippen LogP contribution in [0.15, 0.2) is 24.3 Å². The topological polar surface area (TPSA) is 67.1 Å². The summed E-state index contributed by atoms with van der Waals surface area (Å²) in [6.07, 6.45) is 0.912. The van der Waals surface area contributed by atoms with Crippen LogP contribution in [0.4, 0.5) is 5.69 Å². The number of nitrogens with two attached hydrogens (primary N) is 1. The van der Waals surface area contributed by atoms with E-state index in [1.165, 1.54) is 0 Å². The van der Waals surface area contributed by atoms with Gasteiger partial charge in [0, 0.05) is 12.2 Å². The summed E-state index contributed by atoms with van der Waals surface area (Å²) in [7, 11) is 1.89. The summed E-state index contributed by atoms with van der Waals surface area (Å²) >= 11 is 0. The van der Waals surface area contributed by atoms with E-state index in [0.717, 1.165) is 13.0 Å². The van der Waals surface area contributed by atoms with E-state index in [2.05, 4.69) is 10.6 Å². The van der Waals surface area contributed by atoms with Crippen LogP contribution in [0.1, 0.15) is 16.8 Å². The molecule has 0 saturated carbocycles. The highest BCUT2D eigenvalue weighted by molar-refractivity contribution is 5.98. The van der Waals surface area contributed by atoms with Gasteiger partial charge in [-0.25, -0.2) is 0 Å². The zero-order valence-electron chi connectivity index (χ0n) is 8.92. The van der Waals surface area contributed by atoms with Crippen LogP contribution in [0.2, 0.25) is 0 Å². The first-order valence-electron chi connectivity index (χ1n) is 5.03. The van der Waals surface area contributed by atoms with Crippen molar-refractivity contribution in [2.24, 2.45) is 0 Å². The largest absolute Gasteiger partial charge is 0.398 e. The number of rotatable bonds is 5. The van der Waals surface area contributed by atoms with Crippen molar-refractivity contribution in [2.45, 2.75) is 6.42 Å². The highest BCUT2D eigenvalue weighted by atomic mass is 16.1. The third-order valence-corrected chi connectivity index (χ3v) is 2.09. The number of hydrogen-bond acceptors (Lipinski definition) is 3. The van der Waals surface area contributed by atoms with Crippen molar-refractivity contribution < 1.29 is 4.79 Å². The molecule has 0 aliphatic heterocycles. The number of benzene rings is 1. The van der Waals surface area contributed by atoms with Gasteiger partial charge in [-0.1, -0.05) is 12.1 Å². The van der Waals surface area contributed by atoms with E-state index < -0.39 is 0 Å². The average Bonchev–Trinajstić information content (AvgIpc) is 2.25. The van der Waals surface area contributed by atoms with E-state index in [9.17, 15) is 4.79 Å². The summed E-state index contributed by atoms with van der Waals surface area (Å²) in [5.74, 6) is -0.107. The van der Waals surface area contributed by atoms with Gasteiger partial charge in [-0.15, -0.1) is 0 Å². The molecule has 0 unspecified atom stereocenters. The molecule has 1 rings (SSSR count). The second-order valence-electron chi connectivity index (χ2n) is 3.30. The van der Waals surface area contributed by atoms with Crippen molar-refractivity contribution in [2.75, 3.05) is 25.9 Å². The minimum atomic E-state index is -0.107. The van der Waals surface area contributed by atoms with Crippen LogP contribution in [0, 0.1) is 0 Å². The number of nitrogen functional groups attached to an aromatic ring is 1. The molecule has 0 saturated heterocycles. The molecule has 82 valence electrons. The van der Waals surface area contributed by atoms with Gasteiger partial charge in [0.05, 0.1) is 5.56 Å². The Hall–Kier alpha value is -1.55. The third kappa shape index (κ3) is 3.59. The Morgan fingerprint density at radius 1 is 1.33 bits per heavy atom. The fourth-order valence-corrected chi connectivity index (χ4v) is 1.27. The van der Waals surface area contributed by atoms with Gasteiger partial charge in [-0.3, -0.25) is 4.79 Å². The maximum absolute atomic E-state index is 11.6. The highest BCUT2D eigenvalue weighted by Gasteiger charge is 2.06. The number of carbonyl (C=O) groups is 1. The monoisotopic (exact) mass is 207 g/mol. The van der Waals surface area contributed by atoms with Crippen molar-refractivity contribution in [3.8, 4) is 0 Å². The van der Waals surface area contributed by atoms with Crippen LogP contribution < -0.4 is 16.4 Å². The van der Waals surface area contributed by atoms with Gasteiger partial charge < -0.3 is 16.4 Å². The standard InChI is InChI=1S/C11H17N3O/c1-13-7-4-8-14-11(15)9-5-2-3-6-10(9)12/h2-3,5-6,13H,4,7-8,12H2,1H3,(H,14,15). The normalized spacial score (nSPS) is 9.93. The van der Waals surface area contributed by atoms with Gasteiger partial charge in [0.1, 0.15) is 0 Å². The molecule has 0 aromatic heterocycles. The molecule has 15 heavy (non-hydrogen) atoms. The second kappa shape index (κ2) is 6.03. The van der Waals surface area contributed by atoms with Crippen molar-refractivity contribution >= 4 is 11.6 Å². The lowest BCUT2D eigenvalue weighted by molar-refractivity contribution is 0.0954. The van der Waals surface area contributed by atoms with E-state index >= 15 is 0 Å².